The topological polar surface area (TPSA) is 51.8 Å². The molecule has 0 unspecified atom stereocenters. The van der Waals surface area contributed by atoms with E-state index in [9.17, 15) is 0 Å². The molecule has 0 amide bonds. The zero-order valence-corrected chi connectivity index (χ0v) is 27.6. The van der Waals surface area contributed by atoms with Crippen molar-refractivity contribution in [2.45, 2.75) is 0 Å². The summed E-state index contributed by atoms with van der Waals surface area (Å²) in [6.07, 6.45) is 0. The van der Waals surface area contributed by atoms with Crippen LogP contribution < -0.4 is 0 Å². The summed E-state index contributed by atoms with van der Waals surface area (Å²) in [7, 11) is 0. The molecule has 4 nitrogen and oxygen atoms in total. The monoisotopic (exact) mass is 657 g/mol. The van der Waals surface area contributed by atoms with E-state index in [1.807, 2.05) is 36.4 Å². The van der Waals surface area contributed by atoms with Crippen LogP contribution in [0.4, 0.5) is 0 Å². The Labute approximate surface area is 292 Å². The summed E-state index contributed by atoms with van der Waals surface area (Å²) in [5, 5.41) is 4.61. The Morgan fingerprint density at radius 1 is 0.380 bits per heavy atom. The van der Waals surface area contributed by atoms with Gasteiger partial charge in [0.2, 0.25) is 0 Å². The second kappa shape index (κ2) is 11.6. The van der Waals surface area contributed by atoms with Crippen LogP contribution in [0.15, 0.2) is 168 Å². The molecule has 5 heteroatoms. The van der Waals surface area contributed by atoms with Crippen LogP contribution in [0.5, 0.6) is 0 Å². The highest BCUT2D eigenvalue weighted by Gasteiger charge is 2.19. The highest BCUT2D eigenvalue weighted by atomic mass is 32.1. The van der Waals surface area contributed by atoms with E-state index in [2.05, 4.69) is 127 Å². The molecule has 50 heavy (non-hydrogen) atoms. The van der Waals surface area contributed by atoms with Gasteiger partial charge in [-0.15, -0.1) is 11.3 Å². The van der Waals surface area contributed by atoms with Crippen LogP contribution in [-0.2, 0) is 0 Å². The van der Waals surface area contributed by atoms with Crippen LogP contribution in [-0.4, -0.2) is 15.0 Å². The van der Waals surface area contributed by atoms with Crippen molar-refractivity contribution in [1.29, 1.82) is 0 Å². The molecular formula is C45H27N3OS. The fourth-order valence-corrected chi connectivity index (χ4v) is 8.14. The van der Waals surface area contributed by atoms with E-state index in [-0.39, 0.29) is 0 Å². The summed E-state index contributed by atoms with van der Waals surface area (Å²) >= 11 is 1.80. The first kappa shape index (κ1) is 28.6. The first-order valence-electron chi connectivity index (χ1n) is 16.6. The molecule has 10 rings (SSSR count). The van der Waals surface area contributed by atoms with E-state index in [4.69, 9.17) is 19.4 Å². The molecule has 10 aromatic rings. The molecule has 0 aliphatic rings. The second-order valence-electron chi connectivity index (χ2n) is 12.4. The fraction of sp³-hybridized carbons (Fsp3) is 0. The highest BCUT2D eigenvalue weighted by Crippen LogP contribution is 2.42. The highest BCUT2D eigenvalue weighted by molar-refractivity contribution is 7.26. The Hall–Kier alpha value is -6.43. The van der Waals surface area contributed by atoms with Gasteiger partial charge < -0.3 is 4.42 Å². The predicted molar refractivity (Wildman–Crippen MR) is 207 cm³/mol. The minimum atomic E-state index is 0.572. The summed E-state index contributed by atoms with van der Waals surface area (Å²) < 4.78 is 8.89. The van der Waals surface area contributed by atoms with Gasteiger partial charge in [0.25, 0.3) is 0 Å². The lowest BCUT2D eigenvalue weighted by Gasteiger charge is -2.10. The summed E-state index contributed by atoms with van der Waals surface area (Å²) in [6, 6.07) is 56.8. The Morgan fingerprint density at radius 2 is 1.00 bits per heavy atom. The van der Waals surface area contributed by atoms with Crippen molar-refractivity contribution in [3.63, 3.8) is 0 Å². The quantitative estimate of drug-likeness (QED) is 0.185. The molecule has 0 atom stereocenters. The van der Waals surface area contributed by atoms with Crippen molar-refractivity contribution in [2.24, 2.45) is 0 Å². The molecular weight excluding hydrogens is 631 g/mol. The number of aromatic nitrogens is 3. The standard InChI is InChI=1S/C45H27N3OS/c1-3-12-28(13-4-1)30-16-9-17-31(26-30)43-46-44(48-45(47-43)37-21-10-20-35-34-18-7-8-22-38(34)49-42(35)37)32-24-25-36-40(27-32)50-39-23-11-19-33(41(36)39)29-14-5-2-6-15-29/h1-27H. The van der Waals surface area contributed by atoms with Crippen LogP contribution in [0.3, 0.4) is 0 Å². The largest absolute Gasteiger partial charge is 0.455 e. The zero-order chi connectivity index (χ0) is 33.0. The molecule has 234 valence electrons. The Morgan fingerprint density at radius 3 is 1.84 bits per heavy atom. The van der Waals surface area contributed by atoms with Gasteiger partial charge in [0.1, 0.15) is 11.2 Å². The number of hydrogen-bond donors (Lipinski definition) is 0. The van der Waals surface area contributed by atoms with Crippen molar-refractivity contribution in [2.75, 3.05) is 0 Å². The number of hydrogen-bond acceptors (Lipinski definition) is 5. The van der Waals surface area contributed by atoms with Crippen LogP contribution in [0.2, 0.25) is 0 Å². The van der Waals surface area contributed by atoms with Gasteiger partial charge >= 0.3 is 0 Å². The molecule has 7 aromatic carbocycles. The summed E-state index contributed by atoms with van der Waals surface area (Å²) in [6.45, 7) is 0. The molecule has 0 saturated carbocycles. The predicted octanol–water partition coefficient (Wildman–Crippen LogP) is 12.5. The lowest BCUT2D eigenvalue weighted by molar-refractivity contribution is 0.669. The van der Waals surface area contributed by atoms with E-state index in [0.717, 1.165) is 49.8 Å². The van der Waals surface area contributed by atoms with Crippen LogP contribution in [0.25, 0.3) is 98.5 Å². The van der Waals surface area contributed by atoms with Gasteiger partial charge in [0.05, 0.1) is 5.56 Å². The zero-order valence-electron chi connectivity index (χ0n) is 26.7. The Balaban J connectivity index is 1.18. The van der Waals surface area contributed by atoms with Crippen molar-refractivity contribution in [3.8, 4) is 56.4 Å². The SMILES string of the molecule is c1ccc(-c2cccc(-c3nc(-c4ccc5c(c4)sc4cccc(-c6ccccc6)c45)nc(-c4cccc5c4oc4ccccc45)n3)c2)cc1. The number of thiophene rings is 1. The molecule has 0 radical (unpaired) electrons. The molecule has 3 aromatic heterocycles. The second-order valence-corrected chi connectivity index (χ2v) is 13.5. The first-order valence-corrected chi connectivity index (χ1v) is 17.4. The third-order valence-electron chi connectivity index (χ3n) is 9.35. The van der Waals surface area contributed by atoms with Gasteiger partial charge in [-0.3, -0.25) is 0 Å². The molecule has 0 saturated heterocycles. The summed E-state index contributed by atoms with van der Waals surface area (Å²) in [5.74, 6) is 1.80. The minimum absolute atomic E-state index is 0.572. The third kappa shape index (κ3) is 4.79. The molecule has 0 N–H and O–H groups in total. The summed E-state index contributed by atoms with van der Waals surface area (Å²) in [4.78, 5) is 15.4. The Kier molecular flexibility index (Phi) is 6.64. The van der Waals surface area contributed by atoms with Crippen LogP contribution in [0.1, 0.15) is 0 Å². The van der Waals surface area contributed by atoms with E-state index >= 15 is 0 Å². The van der Waals surface area contributed by atoms with E-state index in [0.29, 0.717) is 17.5 Å². The Bertz CT molecular complexity index is 2870. The van der Waals surface area contributed by atoms with Gasteiger partial charge in [-0.1, -0.05) is 133 Å². The van der Waals surface area contributed by atoms with Crippen molar-refractivity contribution < 1.29 is 4.42 Å². The maximum atomic E-state index is 6.45. The molecule has 0 aliphatic heterocycles. The molecule has 0 fully saturated rings. The van der Waals surface area contributed by atoms with E-state index in [1.54, 1.807) is 11.3 Å². The maximum Gasteiger partial charge on any atom is 0.167 e. The van der Waals surface area contributed by atoms with E-state index in [1.165, 1.54) is 31.3 Å². The van der Waals surface area contributed by atoms with E-state index < -0.39 is 0 Å². The van der Waals surface area contributed by atoms with Gasteiger partial charge in [0, 0.05) is 42.1 Å². The molecule has 0 aliphatic carbocycles. The number of nitrogens with zero attached hydrogens (tertiary/aromatic N) is 3. The number of benzene rings is 7. The summed E-state index contributed by atoms with van der Waals surface area (Å²) in [5.41, 5.74) is 8.99. The number of fused-ring (bicyclic) bond motifs is 6. The number of para-hydroxylation sites is 2. The molecule has 3 heterocycles. The lowest BCUT2D eigenvalue weighted by atomic mass is 9.99. The average Bonchev–Trinajstić information content (AvgIpc) is 3.77. The third-order valence-corrected chi connectivity index (χ3v) is 10.5. The number of rotatable bonds is 5. The minimum Gasteiger partial charge on any atom is -0.455 e. The maximum absolute atomic E-state index is 6.45. The first-order chi connectivity index (χ1) is 24.8. The van der Waals surface area contributed by atoms with Gasteiger partial charge in [-0.05, 0) is 52.6 Å². The van der Waals surface area contributed by atoms with Crippen molar-refractivity contribution in [1.82, 2.24) is 15.0 Å². The smallest absolute Gasteiger partial charge is 0.167 e. The van der Waals surface area contributed by atoms with Gasteiger partial charge in [0.15, 0.2) is 17.5 Å². The molecule has 0 bridgehead atoms. The van der Waals surface area contributed by atoms with Gasteiger partial charge in [-0.25, -0.2) is 15.0 Å². The number of furan rings is 1. The van der Waals surface area contributed by atoms with Crippen molar-refractivity contribution in [3.05, 3.63) is 164 Å². The van der Waals surface area contributed by atoms with Crippen LogP contribution >= 0.6 is 11.3 Å². The average molecular weight is 658 g/mol. The lowest BCUT2D eigenvalue weighted by Crippen LogP contribution is -2.00. The fourth-order valence-electron chi connectivity index (χ4n) is 6.97. The van der Waals surface area contributed by atoms with Crippen molar-refractivity contribution >= 4 is 53.4 Å². The molecule has 0 spiro atoms. The van der Waals surface area contributed by atoms with Crippen LogP contribution in [0, 0.1) is 0 Å². The van der Waals surface area contributed by atoms with Gasteiger partial charge in [-0.2, -0.15) is 0 Å². The normalized spacial score (nSPS) is 11.6.